The number of hydrogen-bond acceptors (Lipinski definition) is 5. The second-order valence-corrected chi connectivity index (χ2v) is 8.70. The van der Waals surface area contributed by atoms with Crippen molar-refractivity contribution in [3.63, 3.8) is 0 Å². The zero-order valence-corrected chi connectivity index (χ0v) is 18.0. The summed E-state index contributed by atoms with van der Waals surface area (Å²) in [5.41, 5.74) is 1.08. The first-order chi connectivity index (χ1) is 14.3. The maximum absolute atomic E-state index is 6.15. The summed E-state index contributed by atoms with van der Waals surface area (Å²) in [4.78, 5) is 11.4. The molecule has 0 aromatic carbocycles. The van der Waals surface area contributed by atoms with Crippen molar-refractivity contribution in [2.24, 2.45) is 4.99 Å². The molecule has 0 bridgehead atoms. The molecule has 0 radical (unpaired) electrons. The van der Waals surface area contributed by atoms with Gasteiger partial charge in [0.1, 0.15) is 6.10 Å². The Morgan fingerprint density at radius 2 is 2.03 bits per heavy atom. The van der Waals surface area contributed by atoms with Crippen LogP contribution < -0.4 is 20.3 Å². The number of rotatable bonds is 6. The summed E-state index contributed by atoms with van der Waals surface area (Å²) in [5.74, 6) is 1.60. The second-order valence-electron chi connectivity index (χ2n) is 7.77. The molecule has 4 rings (SSSR count). The molecule has 0 atom stereocenters. The number of guanidine groups is 1. The van der Waals surface area contributed by atoms with Gasteiger partial charge in [-0.15, -0.1) is 11.3 Å². The Labute approximate surface area is 177 Å². The average molecular weight is 414 g/mol. The molecule has 3 heterocycles. The van der Waals surface area contributed by atoms with Crippen LogP contribution in [0.3, 0.4) is 0 Å². The van der Waals surface area contributed by atoms with Gasteiger partial charge in [-0.3, -0.25) is 4.99 Å². The lowest BCUT2D eigenvalue weighted by molar-refractivity contribution is 0.199. The number of pyridine rings is 1. The third kappa shape index (κ3) is 5.41. The van der Waals surface area contributed by atoms with Crippen molar-refractivity contribution in [2.45, 2.75) is 57.2 Å². The van der Waals surface area contributed by atoms with Crippen LogP contribution in [0.2, 0.25) is 0 Å². The zero-order chi connectivity index (χ0) is 19.9. The summed E-state index contributed by atoms with van der Waals surface area (Å²) in [6.07, 6.45) is 9.13. The van der Waals surface area contributed by atoms with Gasteiger partial charge in [-0.1, -0.05) is 6.07 Å². The summed E-state index contributed by atoms with van der Waals surface area (Å²) in [6, 6.07) is 8.82. The number of nitrogens with zero attached hydrogens (tertiary/aromatic N) is 3. The van der Waals surface area contributed by atoms with Gasteiger partial charge in [-0.2, -0.15) is 0 Å². The molecule has 2 fully saturated rings. The lowest BCUT2D eigenvalue weighted by Crippen LogP contribution is -2.48. The van der Waals surface area contributed by atoms with Crippen LogP contribution in [0.5, 0.6) is 5.88 Å². The minimum Gasteiger partial charge on any atom is -0.474 e. The normalized spacial score (nSPS) is 18.8. The van der Waals surface area contributed by atoms with Crippen LogP contribution >= 0.6 is 11.3 Å². The molecule has 1 aliphatic heterocycles. The van der Waals surface area contributed by atoms with Gasteiger partial charge in [0.2, 0.25) is 5.88 Å². The number of piperidine rings is 1. The molecule has 7 heteroatoms. The Balaban J connectivity index is 1.27. The Kier molecular flexibility index (Phi) is 6.87. The van der Waals surface area contributed by atoms with Crippen molar-refractivity contribution < 1.29 is 4.74 Å². The van der Waals surface area contributed by atoms with Gasteiger partial charge in [0.25, 0.3) is 0 Å². The highest BCUT2D eigenvalue weighted by Gasteiger charge is 2.21. The summed E-state index contributed by atoms with van der Waals surface area (Å²) < 4.78 is 6.15. The first-order valence-electron chi connectivity index (χ1n) is 10.7. The standard InChI is InChI=1S/C22H31N5OS/c1-23-22(26-18-10-13-27(14-11-18)20-9-5-15-29-20)25-16-17-6-4-12-24-21(17)28-19-7-2-3-8-19/h4-6,9,12,15,18-19H,2-3,7-8,10-11,13-14,16H2,1H3,(H2,23,25,26). The molecule has 1 saturated heterocycles. The molecule has 2 aromatic heterocycles. The highest BCUT2D eigenvalue weighted by molar-refractivity contribution is 7.14. The van der Waals surface area contributed by atoms with Crippen molar-refractivity contribution >= 4 is 22.3 Å². The molecule has 0 spiro atoms. The predicted molar refractivity (Wildman–Crippen MR) is 120 cm³/mol. The molecular formula is C22H31N5OS. The van der Waals surface area contributed by atoms with Gasteiger partial charge >= 0.3 is 0 Å². The first kappa shape index (κ1) is 20.0. The largest absolute Gasteiger partial charge is 0.474 e. The average Bonchev–Trinajstić information content (AvgIpc) is 3.47. The monoisotopic (exact) mass is 413 g/mol. The fraction of sp³-hybridized carbons (Fsp3) is 0.545. The van der Waals surface area contributed by atoms with E-state index in [-0.39, 0.29) is 0 Å². The van der Waals surface area contributed by atoms with Gasteiger partial charge < -0.3 is 20.3 Å². The van der Waals surface area contributed by atoms with E-state index in [4.69, 9.17) is 4.74 Å². The number of aromatic nitrogens is 1. The van der Waals surface area contributed by atoms with Gasteiger partial charge in [0, 0.05) is 44.5 Å². The SMILES string of the molecule is CN=C(NCc1cccnc1OC1CCCC1)NC1CCN(c2cccs2)CC1. The summed E-state index contributed by atoms with van der Waals surface area (Å²) >= 11 is 1.82. The zero-order valence-electron chi connectivity index (χ0n) is 17.1. The van der Waals surface area contributed by atoms with E-state index in [1.807, 2.05) is 30.6 Å². The number of aliphatic imine (C=N–C) groups is 1. The molecule has 0 amide bonds. The molecule has 2 aliphatic rings. The predicted octanol–water partition coefficient (Wildman–Crippen LogP) is 3.80. The fourth-order valence-corrected chi connectivity index (χ4v) is 4.88. The molecule has 156 valence electrons. The van der Waals surface area contributed by atoms with E-state index in [2.05, 4.69) is 49.1 Å². The minimum atomic E-state index is 0.314. The lowest BCUT2D eigenvalue weighted by Gasteiger charge is -2.33. The molecule has 1 aliphatic carbocycles. The number of ether oxygens (including phenoxy) is 1. The van der Waals surface area contributed by atoms with Crippen LogP contribution in [0.1, 0.15) is 44.1 Å². The van der Waals surface area contributed by atoms with Gasteiger partial charge in [-0.25, -0.2) is 4.98 Å². The molecule has 1 saturated carbocycles. The Hall–Kier alpha value is -2.28. The van der Waals surface area contributed by atoms with E-state index in [9.17, 15) is 0 Å². The van der Waals surface area contributed by atoms with Crippen LogP contribution in [0.25, 0.3) is 0 Å². The second kappa shape index (κ2) is 9.96. The fourth-order valence-electron chi connectivity index (χ4n) is 4.09. The Bertz CT molecular complexity index is 780. The van der Waals surface area contributed by atoms with E-state index in [1.165, 1.54) is 17.8 Å². The van der Waals surface area contributed by atoms with Crippen LogP contribution in [-0.4, -0.2) is 43.2 Å². The molecule has 2 aromatic rings. The van der Waals surface area contributed by atoms with Crippen LogP contribution in [0.4, 0.5) is 5.00 Å². The maximum Gasteiger partial charge on any atom is 0.218 e. The summed E-state index contributed by atoms with van der Waals surface area (Å²) in [7, 11) is 1.83. The quantitative estimate of drug-likeness (QED) is 0.557. The van der Waals surface area contributed by atoms with Crippen LogP contribution in [-0.2, 0) is 6.54 Å². The number of anilines is 1. The molecule has 2 N–H and O–H groups in total. The van der Waals surface area contributed by atoms with E-state index < -0.39 is 0 Å². The Morgan fingerprint density at radius 3 is 2.76 bits per heavy atom. The van der Waals surface area contributed by atoms with Gasteiger partial charge in [0.15, 0.2) is 5.96 Å². The van der Waals surface area contributed by atoms with Crippen molar-refractivity contribution in [1.82, 2.24) is 15.6 Å². The van der Waals surface area contributed by atoms with Crippen LogP contribution in [0.15, 0.2) is 40.8 Å². The molecule has 0 unspecified atom stereocenters. The molecule has 6 nitrogen and oxygen atoms in total. The highest BCUT2D eigenvalue weighted by Crippen LogP contribution is 2.26. The summed E-state index contributed by atoms with van der Waals surface area (Å²) in [5, 5.41) is 10.6. The molecular weight excluding hydrogens is 382 g/mol. The number of thiophene rings is 1. The highest BCUT2D eigenvalue weighted by atomic mass is 32.1. The third-order valence-electron chi connectivity index (χ3n) is 5.75. The van der Waals surface area contributed by atoms with Gasteiger partial charge in [-0.05, 0) is 62.1 Å². The molecule has 29 heavy (non-hydrogen) atoms. The van der Waals surface area contributed by atoms with Crippen molar-refractivity contribution in [2.75, 3.05) is 25.0 Å². The third-order valence-corrected chi connectivity index (χ3v) is 6.68. The van der Waals surface area contributed by atoms with Crippen molar-refractivity contribution in [3.8, 4) is 5.88 Å². The Morgan fingerprint density at radius 1 is 1.21 bits per heavy atom. The number of nitrogens with one attached hydrogen (secondary N) is 2. The van der Waals surface area contributed by atoms with Crippen molar-refractivity contribution in [3.05, 3.63) is 41.4 Å². The smallest absolute Gasteiger partial charge is 0.218 e. The van der Waals surface area contributed by atoms with E-state index >= 15 is 0 Å². The van der Waals surface area contributed by atoms with Gasteiger partial charge in [0.05, 0.1) is 5.00 Å². The summed E-state index contributed by atoms with van der Waals surface area (Å²) in [6.45, 7) is 2.82. The van der Waals surface area contributed by atoms with Crippen LogP contribution in [0, 0.1) is 0 Å². The minimum absolute atomic E-state index is 0.314. The first-order valence-corrected chi connectivity index (χ1v) is 11.6. The number of hydrogen-bond donors (Lipinski definition) is 2. The topological polar surface area (TPSA) is 61.8 Å². The maximum atomic E-state index is 6.15. The van der Waals surface area contributed by atoms with E-state index in [0.29, 0.717) is 18.7 Å². The van der Waals surface area contributed by atoms with E-state index in [1.54, 1.807) is 0 Å². The van der Waals surface area contributed by atoms with Crippen molar-refractivity contribution in [1.29, 1.82) is 0 Å². The van der Waals surface area contributed by atoms with E-state index in [0.717, 1.165) is 56.2 Å². The lowest BCUT2D eigenvalue weighted by atomic mass is 10.1.